The van der Waals surface area contributed by atoms with Crippen LogP contribution in [-0.2, 0) is 14.2 Å². The molecule has 0 amide bonds. The molecule has 1 spiro atoms. The zero-order chi connectivity index (χ0) is 29.8. The summed E-state index contributed by atoms with van der Waals surface area (Å²) in [6.07, 6.45) is 3.62. The van der Waals surface area contributed by atoms with Crippen molar-refractivity contribution in [3.8, 4) is 0 Å². The van der Waals surface area contributed by atoms with Crippen molar-refractivity contribution in [2.24, 2.45) is 58.2 Å². The van der Waals surface area contributed by atoms with Crippen molar-refractivity contribution in [3.63, 3.8) is 0 Å². The molecule has 2 heterocycles. The van der Waals surface area contributed by atoms with Gasteiger partial charge in [-0.15, -0.1) is 0 Å². The van der Waals surface area contributed by atoms with E-state index in [0.29, 0.717) is 47.8 Å². The van der Waals surface area contributed by atoms with E-state index < -0.39 is 49.5 Å². The monoisotopic (exact) mass is 592 g/mol. The Morgan fingerprint density at radius 1 is 0.833 bits per heavy atom. The van der Waals surface area contributed by atoms with Gasteiger partial charge >= 0.3 is 0 Å². The summed E-state index contributed by atoms with van der Waals surface area (Å²) in [5.74, 6) is 5.34. The topological polar surface area (TPSA) is 129 Å². The van der Waals surface area contributed by atoms with Crippen molar-refractivity contribution in [1.82, 2.24) is 0 Å². The van der Waals surface area contributed by atoms with E-state index in [1.165, 1.54) is 44.9 Å². The molecule has 2 aliphatic heterocycles. The lowest BCUT2D eigenvalue weighted by Crippen LogP contribution is -2.61. The first-order valence-corrected chi connectivity index (χ1v) is 17.2. The zero-order valence-corrected chi connectivity index (χ0v) is 26.1. The molecule has 7 fully saturated rings. The van der Waals surface area contributed by atoms with Crippen LogP contribution in [0, 0.1) is 58.2 Å². The van der Waals surface area contributed by atoms with Gasteiger partial charge in [-0.2, -0.15) is 0 Å². The molecule has 2 saturated heterocycles. The summed E-state index contributed by atoms with van der Waals surface area (Å²) in [6.45, 7) is 10.3. The third-order valence-corrected chi connectivity index (χ3v) is 14.8. The molecule has 7 aliphatic rings. The Bertz CT molecular complexity index is 998. The van der Waals surface area contributed by atoms with E-state index in [0.717, 1.165) is 30.8 Å². The molecule has 8 heteroatoms. The average Bonchev–Trinajstić information content (AvgIpc) is 3.40. The highest BCUT2D eigenvalue weighted by Gasteiger charge is 2.68. The van der Waals surface area contributed by atoms with Crippen molar-refractivity contribution in [2.75, 3.05) is 13.2 Å². The van der Waals surface area contributed by atoms with Gasteiger partial charge in [0.1, 0.15) is 24.4 Å². The zero-order valence-electron chi connectivity index (χ0n) is 26.1. The molecule has 0 bridgehead atoms. The first kappa shape index (κ1) is 30.3. The third-order valence-electron chi connectivity index (χ3n) is 14.8. The predicted octanol–water partition coefficient (Wildman–Crippen LogP) is 3.25. The van der Waals surface area contributed by atoms with Crippen LogP contribution in [0.15, 0.2) is 0 Å². The van der Waals surface area contributed by atoms with Gasteiger partial charge in [0.05, 0.1) is 24.4 Å². The molecule has 5 aliphatic carbocycles. The molecule has 0 aromatic heterocycles. The maximum atomic E-state index is 11.4. The van der Waals surface area contributed by atoms with Gasteiger partial charge in [-0.3, -0.25) is 0 Å². The summed E-state index contributed by atoms with van der Waals surface area (Å²) in [7, 11) is 0. The predicted molar refractivity (Wildman–Crippen MR) is 155 cm³/mol. The Hall–Kier alpha value is -0.320. The lowest BCUT2D eigenvalue weighted by molar-refractivity contribution is -0.324. The van der Waals surface area contributed by atoms with Gasteiger partial charge in [-0.1, -0.05) is 27.7 Å². The SMILES string of the molecule is C[C@@H]1CC[C@]2(C[C@H]3C[C@H]4[C@@H]5CC[C@H]6C[C@@H](O[C@@H]7O[C@H](CO)[C@@H](O)[C@H](O)[C@H]7O)[C@H](O)C[C@]6(C)[C@H]5CC[C@]4(C)[C@H]3[C@@H]2C)OC1. The minimum atomic E-state index is -1.48. The van der Waals surface area contributed by atoms with Crippen LogP contribution in [0.3, 0.4) is 0 Å². The molecule has 0 aromatic carbocycles. The van der Waals surface area contributed by atoms with Gasteiger partial charge in [0.2, 0.25) is 0 Å². The van der Waals surface area contributed by atoms with E-state index in [2.05, 4.69) is 27.7 Å². The molecule has 0 aromatic rings. The number of hydrogen-bond acceptors (Lipinski definition) is 8. The quantitative estimate of drug-likeness (QED) is 0.316. The first-order valence-electron chi connectivity index (χ1n) is 17.2. The Morgan fingerprint density at radius 2 is 1.62 bits per heavy atom. The van der Waals surface area contributed by atoms with E-state index in [9.17, 15) is 25.5 Å². The van der Waals surface area contributed by atoms with Crippen LogP contribution in [0.25, 0.3) is 0 Å². The van der Waals surface area contributed by atoms with Crippen molar-refractivity contribution in [2.45, 2.75) is 140 Å². The fourth-order valence-electron chi connectivity index (χ4n) is 12.6. The molecule has 0 radical (unpaired) electrons. The van der Waals surface area contributed by atoms with Crippen LogP contribution >= 0.6 is 0 Å². The van der Waals surface area contributed by atoms with Crippen LogP contribution in [0.5, 0.6) is 0 Å². The Kier molecular flexibility index (Phi) is 7.67. The number of ether oxygens (including phenoxy) is 3. The standard InChI is InChI=1S/C34H56O8/c1-17-7-10-34(40-16-17)13-19-11-23-21-6-5-20-12-25(41-31-30(39)29(38)28(37)26(15-35)42-31)24(36)14-33(20,4)22(21)8-9-32(23,3)27(19)18(34)2/h17-31,35-39H,5-16H2,1-4H3/t17-,18+,19-,20+,21-,22+,23+,24-,25-,26-,27+,28-,29+,30-,31-,32+,33+,34-/m1/s1. The number of aliphatic hydroxyl groups excluding tert-OH is 5. The second kappa shape index (κ2) is 10.6. The van der Waals surface area contributed by atoms with Gasteiger partial charge in [-0.05, 0) is 122 Å². The summed E-state index contributed by atoms with van der Waals surface area (Å²) in [5, 5.41) is 51.9. The van der Waals surface area contributed by atoms with Gasteiger partial charge in [-0.25, -0.2) is 0 Å². The van der Waals surface area contributed by atoms with Crippen LogP contribution < -0.4 is 0 Å². The molecule has 240 valence electrons. The summed E-state index contributed by atoms with van der Waals surface area (Å²) >= 11 is 0. The molecule has 7 rings (SSSR count). The highest BCUT2D eigenvalue weighted by molar-refractivity contribution is 5.17. The largest absolute Gasteiger partial charge is 0.394 e. The summed E-state index contributed by atoms with van der Waals surface area (Å²) < 4.78 is 18.5. The van der Waals surface area contributed by atoms with Crippen molar-refractivity contribution in [1.29, 1.82) is 0 Å². The molecule has 18 atom stereocenters. The minimum Gasteiger partial charge on any atom is -0.394 e. The number of aliphatic hydroxyl groups is 5. The average molecular weight is 593 g/mol. The van der Waals surface area contributed by atoms with E-state index in [4.69, 9.17) is 14.2 Å². The van der Waals surface area contributed by atoms with Crippen molar-refractivity contribution < 1.29 is 39.7 Å². The maximum absolute atomic E-state index is 11.4. The smallest absolute Gasteiger partial charge is 0.187 e. The first-order chi connectivity index (χ1) is 19.9. The number of hydrogen-bond donors (Lipinski definition) is 5. The van der Waals surface area contributed by atoms with Gasteiger partial charge in [0, 0.05) is 6.61 Å². The second-order valence-electron chi connectivity index (χ2n) is 16.6. The molecule has 5 saturated carbocycles. The highest BCUT2D eigenvalue weighted by Crippen LogP contribution is 2.73. The third kappa shape index (κ3) is 4.36. The second-order valence-corrected chi connectivity index (χ2v) is 16.6. The summed E-state index contributed by atoms with van der Waals surface area (Å²) in [4.78, 5) is 0. The maximum Gasteiger partial charge on any atom is 0.187 e. The normalized spacial score (nSPS) is 60.9. The molecular weight excluding hydrogens is 536 g/mol. The number of rotatable bonds is 3. The van der Waals surface area contributed by atoms with Crippen LogP contribution in [-0.4, -0.2) is 87.3 Å². The van der Waals surface area contributed by atoms with Crippen molar-refractivity contribution in [3.05, 3.63) is 0 Å². The van der Waals surface area contributed by atoms with Gasteiger partial charge in [0.15, 0.2) is 6.29 Å². The molecule has 0 unspecified atom stereocenters. The highest BCUT2D eigenvalue weighted by atomic mass is 16.7. The number of fused-ring (bicyclic) bond motifs is 7. The van der Waals surface area contributed by atoms with Crippen molar-refractivity contribution >= 4 is 0 Å². The van der Waals surface area contributed by atoms with Crippen LogP contribution in [0.2, 0.25) is 0 Å². The van der Waals surface area contributed by atoms with E-state index in [1.807, 2.05) is 0 Å². The lowest BCUT2D eigenvalue weighted by Gasteiger charge is -2.62. The molecule has 5 N–H and O–H groups in total. The molecule has 42 heavy (non-hydrogen) atoms. The van der Waals surface area contributed by atoms with E-state index in [-0.39, 0.29) is 11.0 Å². The molecular formula is C34H56O8. The Balaban J connectivity index is 1.05. The lowest BCUT2D eigenvalue weighted by atomic mass is 9.44. The minimum absolute atomic E-state index is 0.0477. The fraction of sp³-hybridized carbons (Fsp3) is 1.00. The Morgan fingerprint density at radius 3 is 2.33 bits per heavy atom. The van der Waals surface area contributed by atoms with Crippen LogP contribution in [0.1, 0.15) is 91.9 Å². The van der Waals surface area contributed by atoms with E-state index >= 15 is 0 Å². The fourth-order valence-corrected chi connectivity index (χ4v) is 12.6. The van der Waals surface area contributed by atoms with Gasteiger partial charge < -0.3 is 39.7 Å². The van der Waals surface area contributed by atoms with E-state index in [1.54, 1.807) is 0 Å². The Labute approximate surface area is 251 Å². The molecule has 8 nitrogen and oxygen atoms in total. The van der Waals surface area contributed by atoms with Crippen LogP contribution in [0.4, 0.5) is 0 Å². The van der Waals surface area contributed by atoms with Gasteiger partial charge in [0.25, 0.3) is 0 Å². The summed E-state index contributed by atoms with van der Waals surface area (Å²) in [6, 6.07) is 0. The summed E-state index contributed by atoms with van der Waals surface area (Å²) in [5.41, 5.74) is 0.540.